The lowest BCUT2D eigenvalue weighted by atomic mass is 9.75. The minimum absolute atomic E-state index is 0.202. The van der Waals surface area contributed by atoms with Crippen molar-refractivity contribution in [3.8, 4) is 0 Å². The highest BCUT2D eigenvalue weighted by molar-refractivity contribution is 6.00. The Bertz CT molecular complexity index is 303. The van der Waals surface area contributed by atoms with Crippen molar-refractivity contribution in [2.24, 2.45) is 5.41 Å². The van der Waals surface area contributed by atoms with Crippen LogP contribution >= 0.6 is 0 Å². The average molecular weight is 226 g/mol. The first-order chi connectivity index (χ1) is 7.53. The fraction of sp³-hybridized carbons (Fsp3) is 0.667. The highest BCUT2D eigenvalue weighted by Gasteiger charge is 2.45. The van der Waals surface area contributed by atoms with E-state index >= 15 is 0 Å². The number of rotatable bonds is 5. The van der Waals surface area contributed by atoms with Crippen LogP contribution in [0.2, 0.25) is 0 Å². The van der Waals surface area contributed by atoms with Crippen LogP contribution in [0.15, 0.2) is 11.6 Å². The highest BCUT2D eigenvalue weighted by atomic mass is 16.4. The van der Waals surface area contributed by atoms with Gasteiger partial charge in [0.2, 0.25) is 0 Å². The van der Waals surface area contributed by atoms with Crippen LogP contribution in [-0.2, 0) is 9.59 Å². The molecule has 1 aliphatic carbocycles. The Kier molecular flexibility index (Phi) is 4.10. The van der Waals surface area contributed by atoms with Crippen LogP contribution in [0.5, 0.6) is 0 Å². The molecule has 4 heteroatoms. The largest absolute Gasteiger partial charge is 0.480 e. The SMILES string of the molecule is CCCCC1=CC(C(=O)O)(C(=O)O)CCC1. The van der Waals surface area contributed by atoms with Gasteiger partial charge in [0, 0.05) is 0 Å². The number of hydrogen-bond donors (Lipinski definition) is 2. The third-order valence-corrected chi connectivity index (χ3v) is 3.13. The predicted molar refractivity (Wildman–Crippen MR) is 59.2 cm³/mol. The molecule has 2 N–H and O–H groups in total. The first-order valence-electron chi connectivity index (χ1n) is 5.70. The van der Waals surface area contributed by atoms with E-state index < -0.39 is 17.4 Å². The molecule has 0 spiro atoms. The van der Waals surface area contributed by atoms with Crippen molar-refractivity contribution in [3.63, 3.8) is 0 Å². The molecule has 16 heavy (non-hydrogen) atoms. The van der Waals surface area contributed by atoms with E-state index in [-0.39, 0.29) is 6.42 Å². The molecule has 0 atom stereocenters. The molecule has 1 aliphatic rings. The van der Waals surface area contributed by atoms with Gasteiger partial charge >= 0.3 is 11.9 Å². The summed E-state index contributed by atoms with van der Waals surface area (Å²) >= 11 is 0. The average Bonchev–Trinajstić information content (AvgIpc) is 2.26. The standard InChI is InChI=1S/C12H18O4/c1-2-3-5-9-6-4-7-12(8-9,10(13)14)11(15)16/h8H,2-7H2,1H3,(H,13,14)(H,15,16). The summed E-state index contributed by atoms with van der Waals surface area (Å²) in [6.07, 6.45) is 5.99. The van der Waals surface area contributed by atoms with Gasteiger partial charge in [-0.1, -0.05) is 25.0 Å². The summed E-state index contributed by atoms with van der Waals surface area (Å²) < 4.78 is 0. The molecule has 0 aromatic heterocycles. The maximum absolute atomic E-state index is 11.1. The third-order valence-electron chi connectivity index (χ3n) is 3.13. The molecule has 90 valence electrons. The number of allylic oxidation sites excluding steroid dienone is 1. The van der Waals surface area contributed by atoms with E-state index in [0.717, 1.165) is 31.3 Å². The lowest BCUT2D eigenvalue weighted by molar-refractivity contribution is -0.161. The van der Waals surface area contributed by atoms with E-state index in [1.165, 1.54) is 6.08 Å². The third kappa shape index (κ3) is 2.43. The molecule has 4 nitrogen and oxygen atoms in total. The Morgan fingerprint density at radius 2 is 2.00 bits per heavy atom. The van der Waals surface area contributed by atoms with E-state index in [1.54, 1.807) is 0 Å². The monoisotopic (exact) mass is 226 g/mol. The van der Waals surface area contributed by atoms with E-state index in [0.29, 0.717) is 6.42 Å². The summed E-state index contributed by atoms with van der Waals surface area (Å²) in [4.78, 5) is 22.2. The van der Waals surface area contributed by atoms with Gasteiger partial charge in [0.1, 0.15) is 0 Å². The molecular weight excluding hydrogens is 208 g/mol. The lowest BCUT2D eigenvalue weighted by Gasteiger charge is -2.27. The van der Waals surface area contributed by atoms with Gasteiger partial charge in [-0.2, -0.15) is 0 Å². The molecule has 0 radical (unpaired) electrons. The minimum atomic E-state index is -1.68. The highest BCUT2D eigenvalue weighted by Crippen LogP contribution is 2.36. The van der Waals surface area contributed by atoms with Gasteiger partial charge in [-0.05, 0) is 32.1 Å². The van der Waals surface area contributed by atoms with Crippen LogP contribution < -0.4 is 0 Å². The molecule has 0 saturated heterocycles. The van der Waals surface area contributed by atoms with Gasteiger partial charge in [-0.3, -0.25) is 9.59 Å². The van der Waals surface area contributed by atoms with Crippen LogP contribution in [0, 0.1) is 5.41 Å². The fourth-order valence-electron chi connectivity index (χ4n) is 2.12. The van der Waals surface area contributed by atoms with Gasteiger partial charge < -0.3 is 10.2 Å². The Morgan fingerprint density at radius 1 is 1.38 bits per heavy atom. The minimum Gasteiger partial charge on any atom is -0.480 e. The van der Waals surface area contributed by atoms with Crippen molar-refractivity contribution < 1.29 is 19.8 Å². The zero-order valence-electron chi connectivity index (χ0n) is 9.53. The van der Waals surface area contributed by atoms with Gasteiger partial charge in [-0.15, -0.1) is 0 Å². The number of carboxylic acids is 2. The molecule has 0 aromatic rings. The lowest BCUT2D eigenvalue weighted by Crippen LogP contribution is -2.39. The summed E-state index contributed by atoms with van der Waals surface area (Å²) in [6.45, 7) is 2.06. The van der Waals surface area contributed by atoms with Crippen LogP contribution in [0.4, 0.5) is 0 Å². The normalized spacial score (nSPS) is 18.9. The van der Waals surface area contributed by atoms with E-state index in [1.807, 2.05) is 0 Å². The molecule has 0 heterocycles. The molecule has 1 rings (SSSR count). The topological polar surface area (TPSA) is 74.6 Å². The molecule has 0 aromatic carbocycles. The molecule has 0 saturated carbocycles. The zero-order valence-corrected chi connectivity index (χ0v) is 9.53. The van der Waals surface area contributed by atoms with Gasteiger partial charge in [0.15, 0.2) is 5.41 Å². The smallest absolute Gasteiger partial charge is 0.324 e. The number of carboxylic acid groups (broad SMARTS) is 2. The molecule has 0 aliphatic heterocycles. The van der Waals surface area contributed by atoms with Gasteiger partial charge in [-0.25, -0.2) is 0 Å². The van der Waals surface area contributed by atoms with Crippen LogP contribution in [0.1, 0.15) is 45.4 Å². The molecule has 0 bridgehead atoms. The van der Waals surface area contributed by atoms with Crippen LogP contribution in [-0.4, -0.2) is 22.2 Å². The summed E-state index contributed by atoms with van der Waals surface area (Å²) in [6, 6.07) is 0. The number of hydrogen-bond acceptors (Lipinski definition) is 2. The fourth-order valence-corrected chi connectivity index (χ4v) is 2.12. The van der Waals surface area contributed by atoms with Crippen molar-refractivity contribution in [2.75, 3.05) is 0 Å². The van der Waals surface area contributed by atoms with Crippen LogP contribution in [0.25, 0.3) is 0 Å². The second-order valence-corrected chi connectivity index (χ2v) is 4.34. The van der Waals surface area contributed by atoms with Crippen molar-refractivity contribution in [1.29, 1.82) is 0 Å². The summed E-state index contributed by atoms with van der Waals surface area (Å²) in [5.41, 5.74) is -0.695. The zero-order chi connectivity index (χ0) is 12.2. The predicted octanol–water partition coefficient (Wildman–Crippen LogP) is 2.44. The second kappa shape index (κ2) is 5.14. The number of carbonyl (C=O) groups is 2. The maximum atomic E-state index is 11.1. The van der Waals surface area contributed by atoms with Crippen molar-refractivity contribution in [1.82, 2.24) is 0 Å². The Balaban J connectivity index is 2.93. The van der Waals surface area contributed by atoms with E-state index in [2.05, 4.69) is 6.92 Å². The van der Waals surface area contributed by atoms with Crippen molar-refractivity contribution in [2.45, 2.75) is 45.4 Å². The summed E-state index contributed by atoms with van der Waals surface area (Å²) in [5.74, 6) is -2.48. The molecular formula is C12H18O4. The number of unbranched alkanes of at least 4 members (excludes halogenated alkanes) is 1. The molecule has 0 unspecified atom stereocenters. The second-order valence-electron chi connectivity index (χ2n) is 4.34. The van der Waals surface area contributed by atoms with Crippen molar-refractivity contribution >= 4 is 11.9 Å². The Morgan fingerprint density at radius 3 is 2.50 bits per heavy atom. The Hall–Kier alpha value is -1.32. The molecule has 0 amide bonds. The summed E-state index contributed by atoms with van der Waals surface area (Å²) in [7, 11) is 0. The number of aliphatic carboxylic acids is 2. The first-order valence-corrected chi connectivity index (χ1v) is 5.70. The summed E-state index contributed by atoms with van der Waals surface area (Å²) in [5, 5.41) is 18.2. The quantitative estimate of drug-likeness (QED) is 0.557. The van der Waals surface area contributed by atoms with Gasteiger partial charge in [0.25, 0.3) is 0 Å². The Labute approximate surface area is 95.0 Å². The molecule has 0 fully saturated rings. The van der Waals surface area contributed by atoms with Crippen molar-refractivity contribution in [3.05, 3.63) is 11.6 Å². The van der Waals surface area contributed by atoms with E-state index in [9.17, 15) is 9.59 Å². The van der Waals surface area contributed by atoms with E-state index in [4.69, 9.17) is 10.2 Å². The van der Waals surface area contributed by atoms with Crippen LogP contribution in [0.3, 0.4) is 0 Å². The first kappa shape index (κ1) is 12.7. The van der Waals surface area contributed by atoms with Gasteiger partial charge in [0.05, 0.1) is 0 Å². The maximum Gasteiger partial charge on any atom is 0.324 e.